The van der Waals surface area contributed by atoms with Crippen molar-refractivity contribution in [3.8, 4) is 0 Å². The molecule has 0 spiro atoms. The molecule has 1 aromatic carbocycles. The summed E-state index contributed by atoms with van der Waals surface area (Å²) in [6, 6.07) is 9.02. The molecule has 178 valence electrons. The fourth-order valence-corrected chi connectivity index (χ4v) is 4.97. The molecule has 0 bridgehead atoms. The van der Waals surface area contributed by atoms with Crippen molar-refractivity contribution in [1.82, 2.24) is 25.0 Å². The maximum absolute atomic E-state index is 13.2. The summed E-state index contributed by atoms with van der Waals surface area (Å²) in [7, 11) is 0.123. The monoisotopic (exact) mass is 576 g/mol. The maximum atomic E-state index is 13.2. The van der Waals surface area contributed by atoms with Crippen LogP contribution in [0.5, 0.6) is 0 Å². The number of nitrogens with zero attached hydrogens (tertiary/aromatic N) is 4. The van der Waals surface area contributed by atoms with E-state index >= 15 is 0 Å². The van der Waals surface area contributed by atoms with Crippen LogP contribution in [0.1, 0.15) is 36.8 Å². The summed E-state index contributed by atoms with van der Waals surface area (Å²) >= 11 is 0. The number of aromatic nitrogens is 1. The normalized spacial score (nSPS) is 16.1. The lowest BCUT2D eigenvalue weighted by molar-refractivity contribution is 0.222. The van der Waals surface area contributed by atoms with Crippen molar-refractivity contribution in [2.75, 3.05) is 40.3 Å². The molecule has 32 heavy (non-hydrogen) atoms. The first-order valence-electron chi connectivity index (χ1n) is 10.5. The van der Waals surface area contributed by atoms with Gasteiger partial charge in [-0.2, -0.15) is 4.31 Å². The third-order valence-electron chi connectivity index (χ3n) is 5.32. The highest BCUT2D eigenvalue weighted by molar-refractivity contribution is 14.0. The average Bonchev–Trinajstić information content (AvgIpc) is 3.24. The van der Waals surface area contributed by atoms with Crippen LogP contribution in [0.4, 0.5) is 0 Å². The summed E-state index contributed by atoms with van der Waals surface area (Å²) in [4.78, 5) is 6.68. The molecule has 1 aromatic heterocycles. The van der Waals surface area contributed by atoms with E-state index < -0.39 is 10.0 Å². The standard InChI is InChI=1S/C21H32N6O3S.HI/c1-16(2)19-13-18(30-25-19)15-24-21(22-3)23-14-17-7-5-6-8-20(17)31(28,29)27-11-9-26(4)10-12-27;/h5-8,13,16H,9-12,14-15H2,1-4H3,(H2,22,23,24);1H. The first-order valence-corrected chi connectivity index (χ1v) is 11.9. The summed E-state index contributed by atoms with van der Waals surface area (Å²) in [6.45, 7) is 7.34. The van der Waals surface area contributed by atoms with Crippen LogP contribution in [0.2, 0.25) is 0 Å². The molecule has 3 rings (SSSR count). The molecular formula is C21H33IN6O3S. The zero-order valence-corrected chi connectivity index (χ0v) is 22.2. The molecule has 2 N–H and O–H groups in total. The second-order valence-corrected chi connectivity index (χ2v) is 9.87. The van der Waals surface area contributed by atoms with Gasteiger partial charge in [-0.3, -0.25) is 4.99 Å². The molecule has 11 heteroatoms. The van der Waals surface area contributed by atoms with Crippen LogP contribution >= 0.6 is 24.0 Å². The quantitative estimate of drug-likeness (QED) is 0.296. The molecule has 2 aromatic rings. The average molecular weight is 577 g/mol. The Bertz CT molecular complexity index is 1000. The van der Waals surface area contributed by atoms with Crippen LogP contribution in [-0.2, 0) is 23.1 Å². The zero-order valence-electron chi connectivity index (χ0n) is 19.0. The van der Waals surface area contributed by atoms with Gasteiger partial charge in [-0.1, -0.05) is 37.2 Å². The van der Waals surface area contributed by atoms with Crippen molar-refractivity contribution >= 4 is 40.0 Å². The molecule has 0 atom stereocenters. The number of piperazine rings is 1. The first-order chi connectivity index (χ1) is 14.8. The number of likely N-dealkylation sites (N-methyl/N-ethyl adjacent to an activating group) is 1. The Morgan fingerprint density at radius 1 is 1.16 bits per heavy atom. The topological polar surface area (TPSA) is 103 Å². The molecule has 2 heterocycles. The van der Waals surface area contributed by atoms with Crippen molar-refractivity contribution in [2.45, 2.75) is 37.8 Å². The van der Waals surface area contributed by atoms with E-state index in [1.807, 2.05) is 25.2 Å². The van der Waals surface area contributed by atoms with Crippen LogP contribution in [-0.4, -0.2) is 69.0 Å². The van der Waals surface area contributed by atoms with Gasteiger partial charge in [0.2, 0.25) is 10.0 Å². The van der Waals surface area contributed by atoms with Crippen molar-refractivity contribution < 1.29 is 12.9 Å². The van der Waals surface area contributed by atoms with Crippen molar-refractivity contribution in [3.63, 3.8) is 0 Å². The fraction of sp³-hybridized carbons (Fsp3) is 0.524. The molecule has 0 unspecified atom stereocenters. The van der Waals surface area contributed by atoms with E-state index in [0.717, 1.165) is 18.8 Å². The molecule has 9 nitrogen and oxygen atoms in total. The molecule has 1 saturated heterocycles. The third-order valence-corrected chi connectivity index (χ3v) is 7.32. The van der Waals surface area contributed by atoms with E-state index in [4.69, 9.17) is 4.52 Å². The summed E-state index contributed by atoms with van der Waals surface area (Å²) < 4.78 is 33.3. The number of hydrogen-bond acceptors (Lipinski definition) is 6. The lowest BCUT2D eigenvalue weighted by atomic mass is 10.1. The number of rotatable bonds is 7. The minimum atomic E-state index is -3.55. The third kappa shape index (κ3) is 6.65. The van der Waals surface area contributed by atoms with Crippen LogP contribution in [0.3, 0.4) is 0 Å². The Kier molecular flexibility index (Phi) is 9.92. The van der Waals surface area contributed by atoms with Crippen molar-refractivity contribution in [1.29, 1.82) is 0 Å². The van der Waals surface area contributed by atoms with Gasteiger partial charge in [0.25, 0.3) is 0 Å². The molecule has 0 amide bonds. The van der Waals surface area contributed by atoms with Gasteiger partial charge < -0.3 is 20.1 Å². The largest absolute Gasteiger partial charge is 0.359 e. The fourth-order valence-electron chi connectivity index (χ4n) is 3.32. The van der Waals surface area contributed by atoms with E-state index in [2.05, 4.69) is 39.5 Å². The van der Waals surface area contributed by atoms with Gasteiger partial charge in [-0.25, -0.2) is 8.42 Å². The molecule has 0 aliphatic carbocycles. The van der Waals surface area contributed by atoms with Crippen LogP contribution in [0.15, 0.2) is 44.7 Å². The number of benzene rings is 1. The summed E-state index contributed by atoms with van der Waals surface area (Å²) in [6.07, 6.45) is 0. The SMILES string of the molecule is CN=C(NCc1cc(C(C)C)no1)NCc1ccccc1S(=O)(=O)N1CCN(C)CC1.I. The first kappa shape index (κ1) is 26.6. The number of hydrogen-bond donors (Lipinski definition) is 2. The molecule has 1 aliphatic rings. The van der Waals surface area contributed by atoms with Gasteiger partial charge >= 0.3 is 0 Å². The minimum Gasteiger partial charge on any atom is -0.359 e. The molecule has 0 radical (unpaired) electrons. The highest BCUT2D eigenvalue weighted by atomic mass is 127. The number of halogens is 1. The Labute approximate surface area is 207 Å². The predicted octanol–water partition coefficient (Wildman–Crippen LogP) is 2.22. The lowest BCUT2D eigenvalue weighted by Gasteiger charge is -2.32. The number of guanidine groups is 1. The van der Waals surface area contributed by atoms with Crippen molar-refractivity contribution in [3.05, 3.63) is 47.3 Å². The Morgan fingerprint density at radius 2 is 1.81 bits per heavy atom. The number of sulfonamides is 1. The van der Waals surface area contributed by atoms with E-state index in [0.29, 0.717) is 54.3 Å². The van der Waals surface area contributed by atoms with Crippen LogP contribution < -0.4 is 10.6 Å². The smallest absolute Gasteiger partial charge is 0.243 e. The number of nitrogens with one attached hydrogen (secondary N) is 2. The molecule has 0 saturated carbocycles. The van der Waals surface area contributed by atoms with Gasteiger partial charge in [0.15, 0.2) is 11.7 Å². The number of aliphatic imine (C=N–C) groups is 1. The minimum absolute atomic E-state index is 0. The van der Waals surface area contributed by atoms with Gasteiger partial charge in [0.1, 0.15) is 0 Å². The van der Waals surface area contributed by atoms with E-state index in [1.54, 1.807) is 23.5 Å². The van der Waals surface area contributed by atoms with Crippen LogP contribution in [0, 0.1) is 0 Å². The summed E-state index contributed by atoms with van der Waals surface area (Å²) in [5, 5.41) is 10.4. The second kappa shape index (κ2) is 12.0. The van der Waals surface area contributed by atoms with E-state index in [-0.39, 0.29) is 24.0 Å². The van der Waals surface area contributed by atoms with E-state index in [9.17, 15) is 8.42 Å². The summed E-state index contributed by atoms with van der Waals surface area (Å²) in [5.74, 6) is 1.56. The highest BCUT2D eigenvalue weighted by Gasteiger charge is 2.29. The van der Waals surface area contributed by atoms with Crippen LogP contribution in [0.25, 0.3) is 0 Å². The van der Waals surface area contributed by atoms with Gasteiger partial charge in [-0.15, -0.1) is 24.0 Å². The molecule has 1 aliphatic heterocycles. The maximum Gasteiger partial charge on any atom is 0.243 e. The van der Waals surface area contributed by atoms with E-state index in [1.165, 1.54) is 0 Å². The molecular weight excluding hydrogens is 543 g/mol. The Hall–Kier alpha value is -1.70. The Morgan fingerprint density at radius 3 is 2.44 bits per heavy atom. The zero-order chi connectivity index (χ0) is 22.4. The van der Waals surface area contributed by atoms with Gasteiger partial charge in [0.05, 0.1) is 17.1 Å². The second-order valence-electron chi connectivity index (χ2n) is 7.97. The lowest BCUT2D eigenvalue weighted by Crippen LogP contribution is -2.47. The predicted molar refractivity (Wildman–Crippen MR) is 136 cm³/mol. The van der Waals surface area contributed by atoms with Gasteiger partial charge in [-0.05, 0) is 24.6 Å². The molecule has 1 fully saturated rings. The Balaban J connectivity index is 0.00000363. The van der Waals surface area contributed by atoms with Gasteiger partial charge in [0, 0.05) is 45.8 Å². The highest BCUT2D eigenvalue weighted by Crippen LogP contribution is 2.21. The van der Waals surface area contributed by atoms with Crippen molar-refractivity contribution in [2.24, 2.45) is 4.99 Å². The summed E-state index contributed by atoms with van der Waals surface area (Å²) in [5.41, 5.74) is 1.61.